The van der Waals surface area contributed by atoms with Gasteiger partial charge in [-0.2, -0.15) is 0 Å². The molecule has 1 N–H and O–H groups in total. The summed E-state index contributed by atoms with van der Waals surface area (Å²) in [5.41, 5.74) is 0.0652. The zero-order valence-electron chi connectivity index (χ0n) is 9.66. The third-order valence-corrected chi connectivity index (χ3v) is 4.26. The van der Waals surface area contributed by atoms with E-state index >= 15 is 0 Å². The molecular weight excluding hydrogens is 206 g/mol. The van der Waals surface area contributed by atoms with Gasteiger partial charge in [0.1, 0.15) is 5.01 Å². The summed E-state index contributed by atoms with van der Waals surface area (Å²) in [4.78, 5) is 7.00. The van der Waals surface area contributed by atoms with Crippen molar-refractivity contribution >= 4 is 11.3 Å². The molecule has 2 heterocycles. The Morgan fingerprint density at radius 2 is 2.40 bits per heavy atom. The van der Waals surface area contributed by atoms with E-state index in [1.807, 2.05) is 6.20 Å². The van der Waals surface area contributed by atoms with Crippen molar-refractivity contribution in [1.82, 2.24) is 15.2 Å². The average molecular weight is 225 g/mol. The van der Waals surface area contributed by atoms with E-state index in [2.05, 4.69) is 41.4 Å². The van der Waals surface area contributed by atoms with Crippen LogP contribution < -0.4 is 5.32 Å². The minimum absolute atomic E-state index is 0.0652. The molecule has 4 heteroatoms. The van der Waals surface area contributed by atoms with Crippen LogP contribution in [0.4, 0.5) is 0 Å². The molecule has 1 unspecified atom stereocenters. The van der Waals surface area contributed by atoms with Crippen LogP contribution >= 0.6 is 11.3 Å². The largest absolute Gasteiger partial charge is 0.314 e. The molecule has 84 valence electrons. The highest BCUT2D eigenvalue weighted by molar-refractivity contribution is 7.09. The third kappa shape index (κ3) is 2.07. The zero-order chi connectivity index (χ0) is 10.9. The predicted molar refractivity (Wildman–Crippen MR) is 64.2 cm³/mol. The van der Waals surface area contributed by atoms with Gasteiger partial charge in [-0.25, -0.2) is 4.98 Å². The molecular formula is C11H19N3S. The SMILES string of the molecule is CC1CNCCN1C(C)(C)c1nccs1. The van der Waals surface area contributed by atoms with Gasteiger partial charge in [0.15, 0.2) is 0 Å². The fourth-order valence-electron chi connectivity index (χ4n) is 2.32. The lowest BCUT2D eigenvalue weighted by Gasteiger charge is -2.44. The topological polar surface area (TPSA) is 28.2 Å². The molecule has 0 amide bonds. The van der Waals surface area contributed by atoms with Gasteiger partial charge in [-0.15, -0.1) is 11.3 Å². The van der Waals surface area contributed by atoms with E-state index in [1.54, 1.807) is 11.3 Å². The van der Waals surface area contributed by atoms with Gasteiger partial charge in [-0.1, -0.05) is 0 Å². The van der Waals surface area contributed by atoms with E-state index < -0.39 is 0 Å². The van der Waals surface area contributed by atoms with Crippen molar-refractivity contribution in [3.05, 3.63) is 16.6 Å². The molecule has 1 saturated heterocycles. The molecule has 2 rings (SSSR count). The van der Waals surface area contributed by atoms with Crippen molar-refractivity contribution in [2.24, 2.45) is 0 Å². The lowest BCUT2D eigenvalue weighted by atomic mass is 10.00. The van der Waals surface area contributed by atoms with Crippen LogP contribution in [0, 0.1) is 0 Å². The number of piperazine rings is 1. The molecule has 0 aromatic carbocycles. The summed E-state index contributed by atoms with van der Waals surface area (Å²) in [7, 11) is 0. The lowest BCUT2D eigenvalue weighted by Crippen LogP contribution is -2.56. The van der Waals surface area contributed by atoms with Gasteiger partial charge < -0.3 is 5.32 Å². The number of rotatable bonds is 2. The van der Waals surface area contributed by atoms with Crippen molar-refractivity contribution in [3.8, 4) is 0 Å². The van der Waals surface area contributed by atoms with Crippen molar-refractivity contribution in [2.75, 3.05) is 19.6 Å². The first kappa shape index (κ1) is 11.0. The van der Waals surface area contributed by atoms with Gasteiger partial charge in [0.25, 0.3) is 0 Å². The summed E-state index contributed by atoms with van der Waals surface area (Å²) in [6.45, 7) is 10.1. The van der Waals surface area contributed by atoms with Crippen LogP contribution in [0.2, 0.25) is 0 Å². The van der Waals surface area contributed by atoms with Crippen LogP contribution in [-0.2, 0) is 5.54 Å². The van der Waals surface area contributed by atoms with Gasteiger partial charge in [-0.3, -0.25) is 4.90 Å². The first-order valence-corrected chi connectivity index (χ1v) is 6.38. The van der Waals surface area contributed by atoms with Crippen molar-refractivity contribution in [2.45, 2.75) is 32.4 Å². The molecule has 0 radical (unpaired) electrons. The minimum atomic E-state index is 0.0652. The number of aromatic nitrogens is 1. The van der Waals surface area contributed by atoms with E-state index in [1.165, 1.54) is 5.01 Å². The van der Waals surface area contributed by atoms with Crippen LogP contribution in [-0.4, -0.2) is 35.6 Å². The zero-order valence-corrected chi connectivity index (χ0v) is 10.5. The van der Waals surface area contributed by atoms with Crippen molar-refractivity contribution < 1.29 is 0 Å². The summed E-state index contributed by atoms with van der Waals surface area (Å²) >= 11 is 1.75. The molecule has 0 bridgehead atoms. The standard InChI is InChI=1S/C11H19N3S/c1-9-8-12-4-6-14(9)11(2,3)10-13-5-7-15-10/h5,7,9,12H,4,6,8H2,1-3H3. The fraction of sp³-hybridized carbons (Fsp3) is 0.727. The molecule has 0 saturated carbocycles. The first-order valence-electron chi connectivity index (χ1n) is 5.50. The Morgan fingerprint density at radius 3 is 3.00 bits per heavy atom. The molecule has 15 heavy (non-hydrogen) atoms. The maximum atomic E-state index is 4.45. The van der Waals surface area contributed by atoms with Crippen LogP contribution in [0.25, 0.3) is 0 Å². The van der Waals surface area contributed by atoms with Gasteiger partial charge in [-0.05, 0) is 20.8 Å². The number of hydrogen-bond donors (Lipinski definition) is 1. The highest BCUT2D eigenvalue weighted by atomic mass is 32.1. The molecule has 0 spiro atoms. The van der Waals surface area contributed by atoms with E-state index in [4.69, 9.17) is 0 Å². The van der Waals surface area contributed by atoms with Gasteiger partial charge >= 0.3 is 0 Å². The monoisotopic (exact) mass is 225 g/mol. The number of nitrogens with zero attached hydrogens (tertiary/aromatic N) is 2. The number of nitrogens with one attached hydrogen (secondary N) is 1. The Morgan fingerprint density at radius 1 is 1.60 bits per heavy atom. The summed E-state index contributed by atoms with van der Waals surface area (Å²) in [5, 5.41) is 6.70. The molecule has 3 nitrogen and oxygen atoms in total. The van der Waals surface area contributed by atoms with Gasteiger partial charge in [0.05, 0.1) is 5.54 Å². The van der Waals surface area contributed by atoms with E-state index in [-0.39, 0.29) is 5.54 Å². The Bertz CT molecular complexity index is 308. The lowest BCUT2D eigenvalue weighted by molar-refractivity contribution is 0.0553. The quantitative estimate of drug-likeness (QED) is 0.830. The second kappa shape index (κ2) is 4.20. The van der Waals surface area contributed by atoms with Crippen LogP contribution in [0.1, 0.15) is 25.8 Å². The predicted octanol–water partition coefficient (Wildman–Crippen LogP) is 1.67. The number of thiazole rings is 1. The maximum absolute atomic E-state index is 4.45. The van der Waals surface area contributed by atoms with Crippen molar-refractivity contribution in [3.63, 3.8) is 0 Å². The number of hydrogen-bond acceptors (Lipinski definition) is 4. The van der Waals surface area contributed by atoms with Gasteiger partial charge in [0, 0.05) is 37.3 Å². The first-order chi connectivity index (χ1) is 7.12. The maximum Gasteiger partial charge on any atom is 0.112 e. The molecule has 1 aliphatic rings. The highest BCUT2D eigenvalue weighted by Gasteiger charge is 2.35. The van der Waals surface area contributed by atoms with Gasteiger partial charge in [0.2, 0.25) is 0 Å². The molecule has 1 atom stereocenters. The van der Waals surface area contributed by atoms with Crippen molar-refractivity contribution in [1.29, 1.82) is 0 Å². The molecule has 1 aromatic heterocycles. The third-order valence-electron chi connectivity index (χ3n) is 3.18. The highest BCUT2D eigenvalue weighted by Crippen LogP contribution is 2.31. The molecule has 1 aliphatic heterocycles. The fourth-order valence-corrected chi connectivity index (χ4v) is 3.10. The molecule has 1 aromatic rings. The second-order valence-corrected chi connectivity index (χ2v) is 5.54. The van der Waals surface area contributed by atoms with E-state index in [0.29, 0.717) is 6.04 Å². The molecule has 1 fully saturated rings. The normalized spacial score (nSPS) is 24.3. The Labute approximate surface area is 95.5 Å². The summed E-state index contributed by atoms with van der Waals surface area (Å²) < 4.78 is 0. The smallest absolute Gasteiger partial charge is 0.112 e. The molecule has 0 aliphatic carbocycles. The summed E-state index contributed by atoms with van der Waals surface area (Å²) in [6, 6.07) is 0.581. The van der Waals surface area contributed by atoms with Crippen LogP contribution in [0.15, 0.2) is 11.6 Å². The van der Waals surface area contributed by atoms with Crippen LogP contribution in [0.5, 0.6) is 0 Å². The summed E-state index contributed by atoms with van der Waals surface area (Å²) in [5.74, 6) is 0. The Balaban J connectivity index is 2.20. The second-order valence-electron chi connectivity index (χ2n) is 4.64. The van der Waals surface area contributed by atoms with E-state index in [0.717, 1.165) is 19.6 Å². The Hall–Kier alpha value is -0.450. The van der Waals surface area contributed by atoms with E-state index in [9.17, 15) is 0 Å². The minimum Gasteiger partial charge on any atom is -0.314 e. The van der Waals surface area contributed by atoms with Crippen LogP contribution in [0.3, 0.4) is 0 Å². The Kier molecular flexibility index (Phi) is 3.09. The average Bonchev–Trinajstić information content (AvgIpc) is 2.71. The summed E-state index contributed by atoms with van der Waals surface area (Å²) in [6.07, 6.45) is 1.90.